The third-order valence-electron chi connectivity index (χ3n) is 7.78. The number of likely N-dealkylation sites (tertiary alicyclic amines) is 1. The Morgan fingerprint density at radius 1 is 1.26 bits per heavy atom. The maximum absolute atomic E-state index is 12.3. The molecular weight excluding hydrogens is 494 g/mol. The van der Waals surface area contributed by atoms with Gasteiger partial charge in [0.25, 0.3) is 0 Å². The second kappa shape index (κ2) is 15.6. The molecule has 216 valence electrons. The molecule has 1 aliphatic carbocycles. The first-order chi connectivity index (χ1) is 18.9. The van der Waals surface area contributed by atoms with E-state index in [1.165, 1.54) is 5.57 Å². The first-order valence-corrected chi connectivity index (χ1v) is 13.9. The first kappa shape index (κ1) is 30.6. The van der Waals surface area contributed by atoms with Gasteiger partial charge in [-0.05, 0) is 51.3 Å². The Labute approximate surface area is 233 Å². The van der Waals surface area contributed by atoms with Crippen LogP contribution in [0.2, 0.25) is 0 Å². The van der Waals surface area contributed by atoms with Gasteiger partial charge in [-0.15, -0.1) is 0 Å². The van der Waals surface area contributed by atoms with Gasteiger partial charge in [0.15, 0.2) is 0 Å². The summed E-state index contributed by atoms with van der Waals surface area (Å²) in [5.41, 5.74) is 7.17. The Balaban J connectivity index is 0.00000134. The van der Waals surface area contributed by atoms with Crippen LogP contribution in [0.3, 0.4) is 0 Å². The number of aliphatic imine (C=N–C) groups is 1. The van der Waals surface area contributed by atoms with Crippen molar-refractivity contribution in [2.24, 2.45) is 16.6 Å². The van der Waals surface area contributed by atoms with E-state index in [9.17, 15) is 4.79 Å². The Morgan fingerprint density at radius 2 is 2.05 bits per heavy atom. The van der Waals surface area contributed by atoms with Crippen LogP contribution in [0.4, 0.5) is 0 Å². The Hall–Kier alpha value is -2.95. The minimum atomic E-state index is -0.186. The summed E-state index contributed by atoms with van der Waals surface area (Å²) in [4.78, 5) is 26.4. The average molecular weight is 542 g/mol. The predicted molar refractivity (Wildman–Crippen MR) is 155 cm³/mol. The predicted octanol–water partition coefficient (Wildman–Crippen LogP) is 2.40. The van der Waals surface area contributed by atoms with Crippen molar-refractivity contribution in [1.29, 1.82) is 0 Å². The highest BCUT2D eigenvalue weighted by atomic mass is 16.5. The highest BCUT2D eigenvalue weighted by Gasteiger charge is 2.41. The number of hydrogen-bond acceptors (Lipinski definition) is 8. The van der Waals surface area contributed by atoms with E-state index in [4.69, 9.17) is 15.5 Å². The van der Waals surface area contributed by atoms with Crippen molar-refractivity contribution in [3.8, 4) is 0 Å². The lowest BCUT2D eigenvalue weighted by molar-refractivity contribution is -0.123. The van der Waals surface area contributed by atoms with Crippen molar-refractivity contribution in [1.82, 2.24) is 24.7 Å². The van der Waals surface area contributed by atoms with Crippen molar-refractivity contribution in [2.75, 3.05) is 54.6 Å². The van der Waals surface area contributed by atoms with E-state index in [2.05, 4.69) is 51.0 Å². The monoisotopic (exact) mass is 541 g/mol. The van der Waals surface area contributed by atoms with Gasteiger partial charge in [0.05, 0.1) is 19.2 Å². The van der Waals surface area contributed by atoms with E-state index in [1.807, 2.05) is 22.9 Å². The molecule has 3 N–H and O–H groups in total. The number of methoxy groups -OCH3 is 2. The lowest BCUT2D eigenvalue weighted by Crippen LogP contribution is -2.52. The molecule has 0 radical (unpaired) electrons. The molecular formula is C29H47N7O3. The summed E-state index contributed by atoms with van der Waals surface area (Å²) in [6.45, 7) is 5.84. The number of primary amides is 1. The number of amides is 1. The summed E-state index contributed by atoms with van der Waals surface area (Å²) in [6.07, 6.45) is 18.4. The first-order valence-electron chi connectivity index (χ1n) is 13.9. The van der Waals surface area contributed by atoms with E-state index >= 15 is 0 Å². The van der Waals surface area contributed by atoms with Crippen molar-refractivity contribution < 1.29 is 14.3 Å². The summed E-state index contributed by atoms with van der Waals surface area (Å²) in [7, 11) is 7.04. The number of likely N-dealkylation sites (N-methyl/N-ethyl adjacent to an activating group) is 1. The zero-order valence-electron chi connectivity index (χ0n) is 24.3. The number of nitrogens with two attached hydrogens (primary N) is 1. The zero-order chi connectivity index (χ0) is 28.2. The average Bonchev–Trinajstić information content (AvgIpc) is 3.46. The number of ether oxygens (including phenoxy) is 2. The molecule has 4 rings (SSSR count). The van der Waals surface area contributed by atoms with Crippen LogP contribution in [0, 0.1) is 5.92 Å². The Bertz CT molecular complexity index is 1020. The summed E-state index contributed by atoms with van der Waals surface area (Å²) >= 11 is 0. The third-order valence-corrected chi connectivity index (χ3v) is 7.78. The Kier molecular flexibility index (Phi) is 12.2. The smallest absolute Gasteiger partial charge is 0.220 e. The van der Waals surface area contributed by atoms with E-state index in [1.54, 1.807) is 33.9 Å². The normalized spacial score (nSPS) is 25.9. The SMILES string of the molecule is COC.COC1=CCC(CNCCN2CCCCC(C(N)=O)CC2C2N=C(n3ccnc3)N(C)C2C)=CC=C1. The quantitative estimate of drug-likeness (QED) is 0.487. The van der Waals surface area contributed by atoms with Crippen LogP contribution in [0.15, 0.2) is 59.3 Å². The standard InChI is InChI=1S/C27H41N7O2.C2H6O/c1-20-25(31-27(32(20)2)34-16-13-30-19-34)24-17-22(26(28)35)8-4-5-14-33(24)15-12-29-18-21-7-6-9-23(36-3)11-10-21;1-3-2/h6-7,9,11,13,16,19-20,22,24-25,29H,4-5,8,10,12,14-15,17-18H2,1-3H3,(H2,28,35);1-2H3. The van der Waals surface area contributed by atoms with Crippen molar-refractivity contribution in [3.05, 3.63) is 54.4 Å². The molecule has 39 heavy (non-hydrogen) atoms. The molecule has 0 aromatic carbocycles. The number of carbonyl (C=O) groups is 1. The van der Waals surface area contributed by atoms with Crippen LogP contribution < -0.4 is 11.1 Å². The number of hydrogen-bond donors (Lipinski definition) is 2. The molecule has 0 spiro atoms. The minimum Gasteiger partial charge on any atom is -0.497 e. The molecule has 4 unspecified atom stereocenters. The highest BCUT2D eigenvalue weighted by Crippen LogP contribution is 2.30. The molecule has 1 saturated heterocycles. The molecule has 1 aromatic heterocycles. The molecule has 4 atom stereocenters. The lowest BCUT2D eigenvalue weighted by Gasteiger charge is -2.39. The second-order valence-electron chi connectivity index (χ2n) is 10.5. The van der Waals surface area contributed by atoms with Gasteiger partial charge in [-0.1, -0.05) is 24.1 Å². The molecule has 2 aliphatic heterocycles. The van der Waals surface area contributed by atoms with Gasteiger partial charge >= 0.3 is 0 Å². The fraction of sp³-hybridized carbons (Fsp3) is 0.621. The molecule has 0 bridgehead atoms. The number of imidazole rings is 1. The van der Waals surface area contributed by atoms with Crippen LogP contribution >= 0.6 is 0 Å². The van der Waals surface area contributed by atoms with Crippen molar-refractivity contribution >= 4 is 11.9 Å². The molecule has 1 fully saturated rings. The molecule has 10 nitrogen and oxygen atoms in total. The van der Waals surface area contributed by atoms with Gasteiger partial charge in [-0.3, -0.25) is 14.3 Å². The van der Waals surface area contributed by atoms with Gasteiger partial charge in [-0.25, -0.2) is 9.98 Å². The summed E-state index contributed by atoms with van der Waals surface area (Å²) in [5, 5.41) is 3.63. The summed E-state index contributed by atoms with van der Waals surface area (Å²) < 4.78 is 11.6. The number of nitrogens with one attached hydrogen (secondary N) is 1. The van der Waals surface area contributed by atoms with Gasteiger partial charge < -0.3 is 25.4 Å². The lowest BCUT2D eigenvalue weighted by atomic mass is 9.86. The van der Waals surface area contributed by atoms with Crippen molar-refractivity contribution in [2.45, 2.75) is 57.2 Å². The zero-order valence-corrected chi connectivity index (χ0v) is 24.3. The van der Waals surface area contributed by atoms with Gasteiger partial charge in [0.1, 0.15) is 12.1 Å². The second-order valence-corrected chi connectivity index (χ2v) is 10.5. The van der Waals surface area contributed by atoms with Crippen LogP contribution in [0.1, 0.15) is 39.0 Å². The number of carbonyl (C=O) groups excluding carboxylic acids is 1. The minimum absolute atomic E-state index is 0.0552. The fourth-order valence-corrected chi connectivity index (χ4v) is 5.50. The number of rotatable bonds is 8. The van der Waals surface area contributed by atoms with Crippen molar-refractivity contribution in [3.63, 3.8) is 0 Å². The third kappa shape index (κ3) is 8.52. The van der Waals surface area contributed by atoms with Gasteiger partial charge in [0.2, 0.25) is 11.9 Å². The molecule has 3 aliphatic rings. The Morgan fingerprint density at radius 3 is 2.74 bits per heavy atom. The van der Waals surface area contributed by atoms with E-state index in [0.717, 1.165) is 70.0 Å². The maximum atomic E-state index is 12.3. The number of aromatic nitrogens is 2. The van der Waals surface area contributed by atoms with Crippen LogP contribution in [0.25, 0.3) is 0 Å². The van der Waals surface area contributed by atoms with Crippen LogP contribution in [0.5, 0.6) is 0 Å². The molecule has 10 heteroatoms. The summed E-state index contributed by atoms with van der Waals surface area (Å²) in [6, 6.07) is 0.412. The van der Waals surface area contributed by atoms with Crippen LogP contribution in [-0.2, 0) is 14.3 Å². The fourth-order valence-electron chi connectivity index (χ4n) is 5.50. The summed E-state index contributed by atoms with van der Waals surface area (Å²) in [5.74, 6) is 1.51. The topological polar surface area (TPSA) is 110 Å². The molecule has 3 heterocycles. The number of allylic oxidation sites excluding steroid dienone is 4. The van der Waals surface area contributed by atoms with Crippen LogP contribution in [-0.4, -0.2) is 104 Å². The van der Waals surface area contributed by atoms with E-state index in [-0.39, 0.29) is 30.0 Å². The largest absolute Gasteiger partial charge is 0.497 e. The molecule has 1 amide bonds. The maximum Gasteiger partial charge on any atom is 0.220 e. The van der Waals surface area contributed by atoms with Gasteiger partial charge in [0, 0.05) is 65.3 Å². The molecule has 1 aromatic rings. The number of nitrogens with zero attached hydrogens (tertiary/aromatic N) is 5. The highest BCUT2D eigenvalue weighted by molar-refractivity contribution is 5.84. The van der Waals surface area contributed by atoms with E-state index < -0.39 is 0 Å². The van der Waals surface area contributed by atoms with E-state index in [0.29, 0.717) is 0 Å². The van der Waals surface area contributed by atoms with Gasteiger partial charge in [-0.2, -0.15) is 0 Å². The molecule has 0 saturated carbocycles.